The summed E-state index contributed by atoms with van der Waals surface area (Å²) in [6.45, 7) is 2.26. The zero-order chi connectivity index (χ0) is 14.9. The van der Waals surface area contributed by atoms with Crippen molar-refractivity contribution in [3.8, 4) is 0 Å². The van der Waals surface area contributed by atoms with Gasteiger partial charge in [0, 0.05) is 6.42 Å². The van der Waals surface area contributed by atoms with Gasteiger partial charge >= 0.3 is 5.97 Å². The van der Waals surface area contributed by atoms with E-state index in [4.69, 9.17) is 5.11 Å². The van der Waals surface area contributed by atoms with E-state index in [1.165, 1.54) is 70.6 Å². The first-order valence-corrected chi connectivity index (χ1v) is 8.64. The summed E-state index contributed by atoms with van der Waals surface area (Å²) >= 11 is 0. The van der Waals surface area contributed by atoms with Crippen LogP contribution in [-0.2, 0) is 4.79 Å². The van der Waals surface area contributed by atoms with E-state index >= 15 is 0 Å². The van der Waals surface area contributed by atoms with Crippen LogP contribution in [0.4, 0.5) is 0 Å². The van der Waals surface area contributed by atoms with Crippen LogP contribution < -0.4 is 0 Å². The number of carbonyl (C=O) groups is 1. The van der Waals surface area contributed by atoms with Gasteiger partial charge in [0.25, 0.3) is 0 Å². The number of allylic oxidation sites excluding steroid dienone is 2. The second-order valence-corrected chi connectivity index (χ2v) is 5.73. The van der Waals surface area contributed by atoms with Gasteiger partial charge in [0.1, 0.15) is 0 Å². The Morgan fingerprint density at radius 3 is 1.35 bits per heavy atom. The van der Waals surface area contributed by atoms with Crippen LogP contribution in [0.1, 0.15) is 96.8 Å². The van der Waals surface area contributed by atoms with Crippen molar-refractivity contribution in [2.75, 3.05) is 0 Å². The Morgan fingerprint density at radius 1 is 0.615 bits per heavy atom. The Kier molecular flexibility index (Phi) is 66.9. The minimum atomic E-state index is -0.664. The van der Waals surface area contributed by atoms with E-state index in [1.54, 1.807) is 0 Å². The summed E-state index contributed by atoms with van der Waals surface area (Å²) in [5.41, 5.74) is 0. The van der Waals surface area contributed by atoms with E-state index in [0.717, 1.165) is 12.8 Å². The molecule has 0 heterocycles. The van der Waals surface area contributed by atoms with E-state index in [0.29, 0.717) is 6.42 Å². The molecule has 0 fully saturated rings. The molecule has 13 N–H and O–H groups in total. The molecule has 0 aliphatic carbocycles. The van der Waals surface area contributed by atoms with Gasteiger partial charge in [0.15, 0.2) is 0 Å². The van der Waals surface area contributed by atoms with Gasteiger partial charge in [-0.3, -0.25) is 4.79 Å². The Labute approximate surface area is 158 Å². The second kappa shape index (κ2) is 39.2. The smallest absolute Gasteiger partial charge is 0.303 e. The molecule has 0 unspecified atom stereocenters. The lowest BCUT2D eigenvalue weighted by atomic mass is 10.1. The fourth-order valence-corrected chi connectivity index (χ4v) is 2.35. The molecule has 0 amide bonds. The molecular formula is C18H46O8. The normalized spacial score (nSPS) is 8.65. The highest BCUT2D eigenvalue weighted by Crippen LogP contribution is 2.09. The lowest BCUT2D eigenvalue weighted by molar-refractivity contribution is -0.137. The number of aliphatic carboxylic acids is 1. The van der Waals surface area contributed by atoms with Crippen LogP contribution in [0.5, 0.6) is 0 Å². The summed E-state index contributed by atoms with van der Waals surface area (Å²) in [5.74, 6) is -0.664. The van der Waals surface area contributed by atoms with Gasteiger partial charge in [-0.1, -0.05) is 70.4 Å². The maximum Gasteiger partial charge on any atom is 0.303 e. The molecule has 0 aliphatic rings. The van der Waals surface area contributed by atoms with Crippen LogP contribution in [0, 0.1) is 0 Å². The fourth-order valence-electron chi connectivity index (χ4n) is 2.35. The molecule has 0 bridgehead atoms. The quantitative estimate of drug-likeness (QED) is 0.320. The number of carboxylic acids is 1. The van der Waals surface area contributed by atoms with Crippen LogP contribution in [0.25, 0.3) is 0 Å². The number of hydrogen-bond acceptors (Lipinski definition) is 1. The van der Waals surface area contributed by atoms with Crippen molar-refractivity contribution in [3.05, 3.63) is 12.2 Å². The zero-order valence-electron chi connectivity index (χ0n) is 16.4. The van der Waals surface area contributed by atoms with Crippen molar-refractivity contribution in [3.63, 3.8) is 0 Å². The van der Waals surface area contributed by atoms with Crippen molar-refractivity contribution < 1.29 is 42.8 Å². The van der Waals surface area contributed by atoms with Gasteiger partial charge < -0.3 is 38.0 Å². The molecule has 0 rings (SSSR count). The lowest BCUT2D eigenvalue weighted by Crippen LogP contribution is -1.93. The summed E-state index contributed by atoms with van der Waals surface area (Å²) in [7, 11) is 0. The summed E-state index contributed by atoms with van der Waals surface area (Å²) in [4.78, 5) is 10.3. The monoisotopic (exact) mass is 390 g/mol. The Balaban J connectivity index is -0.000000120. The highest BCUT2D eigenvalue weighted by molar-refractivity contribution is 5.66. The second-order valence-electron chi connectivity index (χ2n) is 5.73. The first kappa shape index (κ1) is 44.4. The van der Waals surface area contributed by atoms with Crippen molar-refractivity contribution in [2.24, 2.45) is 0 Å². The molecule has 0 radical (unpaired) electrons. The molecule has 0 saturated heterocycles. The Bertz CT molecular complexity index is 247. The molecular weight excluding hydrogens is 344 g/mol. The van der Waals surface area contributed by atoms with Crippen LogP contribution in [0.3, 0.4) is 0 Å². The number of hydrogen-bond donors (Lipinski definition) is 1. The predicted octanol–water partition coefficient (Wildman–Crippen LogP) is 1.16. The van der Waals surface area contributed by atoms with Gasteiger partial charge in [-0.25, -0.2) is 0 Å². The largest absolute Gasteiger partial charge is 0.481 e. The summed E-state index contributed by atoms with van der Waals surface area (Å²) in [6, 6.07) is 0. The van der Waals surface area contributed by atoms with E-state index in [2.05, 4.69) is 19.1 Å². The molecule has 0 spiro atoms. The molecule has 0 aliphatic heterocycles. The lowest BCUT2D eigenvalue weighted by Gasteiger charge is -1.99. The third kappa shape index (κ3) is 43.5. The highest BCUT2D eigenvalue weighted by atomic mass is 16.4. The minimum absolute atomic E-state index is 0. The van der Waals surface area contributed by atoms with E-state index < -0.39 is 5.97 Å². The average molecular weight is 391 g/mol. The highest BCUT2D eigenvalue weighted by Gasteiger charge is 1.95. The van der Waals surface area contributed by atoms with Gasteiger partial charge in [-0.05, 0) is 32.1 Å². The van der Waals surface area contributed by atoms with Gasteiger partial charge in [0.2, 0.25) is 0 Å². The van der Waals surface area contributed by atoms with Gasteiger partial charge in [-0.2, -0.15) is 0 Å². The first-order valence-electron chi connectivity index (χ1n) is 8.64. The third-order valence-corrected chi connectivity index (χ3v) is 3.65. The van der Waals surface area contributed by atoms with Crippen molar-refractivity contribution in [1.29, 1.82) is 0 Å². The van der Waals surface area contributed by atoms with E-state index in [9.17, 15) is 4.79 Å². The molecule has 0 aromatic rings. The van der Waals surface area contributed by atoms with Crippen LogP contribution in [0.2, 0.25) is 0 Å². The third-order valence-electron chi connectivity index (χ3n) is 3.65. The topological polar surface area (TPSA) is 226 Å². The molecule has 0 saturated carbocycles. The van der Waals surface area contributed by atoms with Crippen LogP contribution in [-0.4, -0.2) is 43.9 Å². The van der Waals surface area contributed by atoms with Crippen molar-refractivity contribution in [1.82, 2.24) is 0 Å². The van der Waals surface area contributed by atoms with Crippen LogP contribution >= 0.6 is 0 Å². The maximum atomic E-state index is 10.3. The molecule has 0 aromatic carbocycles. The molecule has 0 aromatic heterocycles. The Hall–Kier alpha value is -1.03. The minimum Gasteiger partial charge on any atom is -0.481 e. The molecule has 8 nitrogen and oxygen atoms in total. The molecule has 166 valence electrons. The SMILES string of the molecule is CCCCCCCC/C=C\CCCCCCCC(=O)O.O.O.O.O.O.O. The van der Waals surface area contributed by atoms with E-state index in [-0.39, 0.29) is 32.9 Å². The Morgan fingerprint density at radius 2 is 0.962 bits per heavy atom. The number of rotatable bonds is 15. The van der Waals surface area contributed by atoms with E-state index in [1.807, 2.05) is 0 Å². The first-order chi connectivity index (χ1) is 9.77. The molecule has 8 heteroatoms. The summed E-state index contributed by atoms with van der Waals surface area (Å²) in [6.07, 6.45) is 21.2. The van der Waals surface area contributed by atoms with Crippen molar-refractivity contribution in [2.45, 2.75) is 96.8 Å². The predicted molar refractivity (Wildman–Crippen MR) is 109 cm³/mol. The average Bonchev–Trinajstić information content (AvgIpc) is 2.43. The zero-order valence-corrected chi connectivity index (χ0v) is 16.4. The molecule has 0 atom stereocenters. The maximum absolute atomic E-state index is 10.3. The summed E-state index contributed by atoms with van der Waals surface area (Å²) < 4.78 is 0. The van der Waals surface area contributed by atoms with Crippen molar-refractivity contribution >= 4 is 5.97 Å². The molecule has 26 heavy (non-hydrogen) atoms. The van der Waals surface area contributed by atoms with Gasteiger partial charge in [-0.15, -0.1) is 0 Å². The van der Waals surface area contributed by atoms with Gasteiger partial charge in [0.05, 0.1) is 0 Å². The number of carboxylic acid groups (broad SMARTS) is 1. The van der Waals surface area contributed by atoms with Crippen LogP contribution in [0.15, 0.2) is 12.2 Å². The summed E-state index contributed by atoms with van der Waals surface area (Å²) in [5, 5.41) is 8.51. The standard InChI is InChI=1S/C18H34O2.6H2O/c1-2-3-4-5-6-7-8-9-10-11-12-13-14-15-16-17-18(19)20;;;;;;/h9-10H,2-8,11-17H2,1H3,(H,19,20);6*1H2/b10-9-;;;;;;. The number of unbranched alkanes of at least 4 members (excludes halogenated alkanes) is 11. The fraction of sp³-hybridized carbons (Fsp3) is 0.833.